The zero-order valence-electron chi connectivity index (χ0n) is 14.2. The van der Waals surface area contributed by atoms with Gasteiger partial charge in [-0.25, -0.2) is 4.79 Å². The van der Waals surface area contributed by atoms with Crippen LogP contribution in [0.25, 0.3) is 0 Å². The lowest BCUT2D eigenvalue weighted by Crippen LogP contribution is -2.05. The average molecular weight is 306 g/mol. The molecule has 3 heteroatoms. The molecule has 0 aliphatic carbocycles. The molecule has 1 unspecified atom stereocenters. The highest BCUT2D eigenvalue weighted by Crippen LogP contribution is 2.21. The molecular formula is C19H30O3. The van der Waals surface area contributed by atoms with Crippen molar-refractivity contribution in [2.75, 3.05) is 6.61 Å². The van der Waals surface area contributed by atoms with Crippen LogP contribution in [0.15, 0.2) is 18.2 Å². The van der Waals surface area contributed by atoms with Crippen LogP contribution in [0.3, 0.4) is 0 Å². The first-order valence-corrected chi connectivity index (χ1v) is 8.55. The molecule has 0 bridgehead atoms. The van der Waals surface area contributed by atoms with Crippen molar-refractivity contribution < 1.29 is 14.6 Å². The van der Waals surface area contributed by atoms with Crippen molar-refractivity contribution in [3.05, 3.63) is 29.3 Å². The number of carbonyl (C=O) groups is 1. The van der Waals surface area contributed by atoms with Gasteiger partial charge in [-0.2, -0.15) is 0 Å². The van der Waals surface area contributed by atoms with Crippen LogP contribution >= 0.6 is 0 Å². The molecule has 0 aliphatic heterocycles. The van der Waals surface area contributed by atoms with Crippen LogP contribution in [-0.4, -0.2) is 17.7 Å². The third-order valence-electron chi connectivity index (χ3n) is 4.12. The van der Waals surface area contributed by atoms with Crippen LogP contribution in [0.5, 0.6) is 5.75 Å². The van der Waals surface area contributed by atoms with Crippen LogP contribution in [0.2, 0.25) is 0 Å². The van der Waals surface area contributed by atoms with Gasteiger partial charge in [-0.1, -0.05) is 46.0 Å². The molecule has 0 radical (unpaired) electrons. The number of carboxylic acids is 1. The zero-order chi connectivity index (χ0) is 16.4. The lowest BCUT2D eigenvalue weighted by molar-refractivity contribution is 0.0696. The van der Waals surface area contributed by atoms with E-state index in [0.717, 1.165) is 23.7 Å². The Bertz CT molecular complexity index is 454. The summed E-state index contributed by atoms with van der Waals surface area (Å²) >= 11 is 0. The van der Waals surface area contributed by atoms with Gasteiger partial charge in [0.1, 0.15) is 5.75 Å². The number of aryl methyl sites for hydroxylation is 1. The molecule has 0 saturated heterocycles. The zero-order valence-corrected chi connectivity index (χ0v) is 14.2. The van der Waals surface area contributed by atoms with E-state index in [1.54, 1.807) is 19.1 Å². The molecule has 0 fully saturated rings. The van der Waals surface area contributed by atoms with Gasteiger partial charge in [0.05, 0.1) is 12.2 Å². The van der Waals surface area contributed by atoms with Gasteiger partial charge in [-0.3, -0.25) is 0 Å². The molecule has 0 spiro atoms. The first-order valence-electron chi connectivity index (χ1n) is 8.55. The standard InChI is InChI=1S/C19H30O3/c1-4-6-9-16(8-5-2)10-7-13-22-17-11-12-18(19(20)21)15(3)14-17/h11-12,14,16H,4-10,13H2,1-3H3,(H,20,21). The summed E-state index contributed by atoms with van der Waals surface area (Å²) in [5.74, 6) is 0.704. The summed E-state index contributed by atoms with van der Waals surface area (Å²) in [7, 11) is 0. The van der Waals surface area contributed by atoms with E-state index in [1.807, 2.05) is 6.07 Å². The maximum absolute atomic E-state index is 11.0. The molecule has 0 heterocycles. The van der Waals surface area contributed by atoms with Gasteiger partial charge in [0.15, 0.2) is 0 Å². The second-order valence-electron chi connectivity index (χ2n) is 6.07. The minimum absolute atomic E-state index is 0.343. The maximum atomic E-state index is 11.0. The number of hydrogen-bond donors (Lipinski definition) is 1. The smallest absolute Gasteiger partial charge is 0.335 e. The third kappa shape index (κ3) is 6.50. The SMILES string of the molecule is CCCCC(CCC)CCCOc1ccc(C(=O)O)c(C)c1. The molecule has 1 aromatic carbocycles. The molecule has 0 amide bonds. The minimum Gasteiger partial charge on any atom is -0.494 e. The van der Waals surface area contributed by atoms with E-state index in [-0.39, 0.29) is 0 Å². The van der Waals surface area contributed by atoms with Gasteiger partial charge in [-0.15, -0.1) is 0 Å². The van der Waals surface area contributed by atoms with Gasteiger partial charge in [-0.05, 0) is 49.4 Å². The van der Waals surface area contributed by atoms with Gasteiger partial charge in [0.25, 0.3) is 0 Å². The summed E-state index contributed by atoms with van der Waals surface area (Å²) in [5, 5.41) is 9.01. The van der Waals surface area contributed by atoms with E-state index in [1.165, 1.54) is 38.5 Å². The van der Waals surface area contributed by atoms with Gasteiger partial charge >= 0.3 is 5.97 Å². The Labute approximate surface area is 134 Å². The summed E-state index contributed by atoms with van der Waals surface area (Å²) in [6, 6.07) is 5.18. The number of hydrogen-bond acceptors (Lipinski definition) is 2. The van der Waals surface area contributed by atoms with E-state index in [2.05, 4.69) is 13.8 Å². The summed E-state index contributed by atoms with van der Waals surface area (Å²) in [4.78, 5) is 11.0. The largest absolute Gasteiger partial charge is 0.494 e. The first-order chi connectivity index (χ1) is 10.6. The normalized spacial score (nSPS) is 12.1. The number of aromatic carboxylic acids is 1. The third-order valence-corrected chi connectivity index (χ3v) is 4.12. The Morgan fingerprint density at radius 3 is 2.45 bits per heavy atom. The Kier molecular flexibility index (Phi) is 8.64. The van der Waals surface area contributed by atoms with Crippen molar-refractivity contribution in [2.45, 2.75) is 65.7 Å². The summed E-state index contributed by atoms with van der Waals surface area (Å²) in [6.07, 6.45) is 8.77. The van der Waals surface area contributed by atoms with Crippen LogP contribution in [0.1, 0.15) is 74.7 Å². The van der Waals surface area contributed by atoms with E-state index in [0.29, 0.717) is 12.2 Å². The van der Waals surface area contributed by atoms with Crippen LogP contribution < -0.4 is 4.74 Å². The van der Waals surface area contributed by atoms with E-state index >= 15 is 0 Å². The highest BCUT2D eigenvalue weighted by atomic mass is 16.5. The molecule has 0 aromatic heterocycles. The maximum Gasteiger partial charge on any atom is 0.335 e. The summed E-state index contributed by atoms with van der Waals surface area (Å²) in [6.45, 7) is 7.01. The summed E-state index contributed by atoms with van der Waals surface area (Å²) < 4.78 is 5.76. The highest BCUT2D eigenvalue weighted by molar-refractivity contribution is 5.89. The second kappa shape index (κ2) is 10.3. The topological polar surface area (TPSA) is 46.5 Å². The van der Waals surface area contributed by atoms with Crippen LogP contribution in [0, 0.1) is 12.8 Å². The van der Waals surface area contributed by atoms with Gasteiger partial charge in [0, 0.05) is 0 Å². The van der Waals surface area contributed by atoms with Crippen molar-refractivity contribution >= 4 is 5.97 Å². The van der Waals surface area contributed by atoms with E-state index < -0.39 is 5.97 Å². The Balaban J connectivity index is 2.37. The fourth-order valence-electron chi connectivity index (χ4n) is 2.86. The molecule has 124 valence electrons. The molecule has 1 aromatic rings. The Hall–Kier alpha value is -1.51. The first kappa shape index (κ1) is 18.5. The number of unbranched alkanes of at least 4 members (excludes halogenated alkanes) is 1. The fraction of sp³-hybridized carbons (Fsp3) is 0.632. The van der Waals surface area contributed by atoms with E-state index in [4.69, 9.17) is 9.84 Å². The van der Waals surface area contributed by atoms with Gasteiger partial charge in [0.2, 0.25) is 0 Å². The minimum atomic E-state index is -0.887. The molecule has 0 aliphatic rings. The lowest BCUT2D eigenvalue weighted by Gasteiger charge is -2.16. The highest BCUT2D eigenvalue weighted by Gasteiger charge is 2.09. The number of ether oxygens (including phenoxy) is 1. The van der Waals surface area contributed by atoms with E-state index in [9.17, 15) is 4.79 Å². The van der Waals surface area contributed by atoms with Crippen LogP contribution in [0.4, 0.5) is 0 Å². The molecule has 0 saturated carbocycles. The Morgan fingerprint density at radius 1 is 1.14 bits per heavy atom. The van der Waals surface area contributed by atoms with Crippen molar-refractivity contribution in [2.24, 2.45) is 5.92 Å². The van der Waals surface area contributed by atoms with Crippen molar-refractivity contribution in [3.8, 4) is 5.75 Å². The monoisotopic (exact) mass is 306 g/mol. The predicted molar refractivity (Wildman–Crippen MR) is 90.8 cm³/mol. The lowest BCUT2D eigenvalue weighted by atomic mass is 9.93. The quantitative estimate of drug-likeness (QED) is 0.552. The van der Waals surface area contributed by atoms with Crippen molar-refractivity contribution in [1.82, 2.24) is 0 Å². The fourth-order valence-corrected chi connectivity index (χ4v) is 2.86. The molecule has 1 N–H and O–H groups in total. The molecule has 1 rings (SSSR count). The van der Waals surface area contributed by atoms with Crippen LogP contribution in [-0.2, 0) is 0 Å². The van der Waals surface area contributed by atoms with Crippen molar-refractivity contribution in [1.29, 1.82) is 0 Å². The van der Waals surface area contributed by atoms with Crippen molar-refractivity contribution in [3.63, 3.8) is 0 Å². The number of carboxylic acid groups (broad SMARTS) is 1. The van der Waals surface area contributed by atoms with Gasteiger partial charge < -0.3 is 9.84 Å². The Morgan fingerprint density at radius 2 is 1.86 bits per heavy atom. The molecule has 22 heavy (non-hydrogen) atoms. The molecule has 3 nitrogen and oxygen atoms in total. The predicted octanol–water partition coefficient (Wildman–Crippen LogP) is 5.46. The average Bonchev–Trinajstić information content (AvgIpc) is 2.48. The molecular weight excluding hydrogens is 276 g/mol. The summed E-state index contributed by atoms with van der Waals surface area (Å²) in [5.41, 5.74) is 1.09. The second-order valence-corrected chi connectivity index (χ2v) is 6.07. The molecule has 1 atom stereocenters. The number of rotatable bonds is 11. The number of benzene rings is 1.